The molecule has 1 aromatic carbocycles. The van der Waals surface area contributed by atoms with Crippen molar-refractivity contribution < 1.29 is 9.53 Å². The van der Waals surface area contributed by atoms with Crippen molar-refractivity contribution in [2.75, 3.05) is 7.11 Å². The second-order valence-corrected chi connectivity index (χ2v) is 6.63. The summed E-state index contributed by atoms with van der Waals surface area (Å²) in [6.45, 7) is 0. The van der Waals surface area contributed by atoms with Crippen LogP contribution < -0.4 is 4.74 Å². The zero-order valence-electron chi connectivity index (χ0n) is 10.9. The first kappa shape index (κ1) is 11.8. The minimum Gasteiger partial charge on any atom is -0.495 e. The maximum Gasteiger partial charge on any atom is 0.166 e. The Morgan fingerprint density at radius 3 is 2.53 bits per heavy atom. The van der Waals surface area contributed by atoms with Gasteiger partial charge in [0.1, 0.15) is 5.75 Å². The molecule has 0 N–H and O–H groups in total. The number of benzene rings is 1. The van der Waals surface area contributed by atoms with Crippen molar-refractivity contribution in [3.63, 3.8) is 0 Å². The van der Waals surface area contributed by atoms with Crippen molar-refractivity contribution in [1.29, 1.82) is 0 Å². The van der Waals surface area contributed by atoms with Crippen LogP contribution in [0.2, 0.25) is 5.02 Å². The summed E-state index contributed by atoms with van der Waals surface area (Å²) in [4.78, 5) is 12.6. The molecule has 3 aliphatic rings. The molecule has 0 aliphatic heterocycles. The fraction of sp³-hybridized carbons (Fsp3) is 0.562. The van der Waals surface area contributed by atoms with Gasteiger partial charge in [-0.1, -0.05) is 11.6 Å². The Bertz CT molecular complexity index is 538. The SMILES string of the molecule is COc1ccc(C(=O)C2C3C4CCC(C4)C23)cc1Cl. The molecule has 0 spiro atoms. The van der Waals surface area contributed by atoms with Crippen LogP contribution in [0.4, 0.5) is 0 Å². The number of halogens is 1. The van der Waals surface area contributed by atoms with Crippen molar-refractivity contribution in [2.45, 2.75) is 19.3 Å². The summed E-state index contributed by atoms with van der Waals surface area (Å²) in [5.74, 6) is 4.26. The Morgan fingerprint density at radius 2 is 1.95 bits per heavy atom. The van der Waals surface area contributed by atoms with Crippen LogP contribution in [0.25, 0.3) is 0 Å². The maximum atomic E-state index is 12.6. The summed E-state index contributed by atoms with van der Waals surface area (Å²) in [5, 5.41) is 0.530. The van der Waals surface area contributed by atoms with Crippen LogP contribution in [0.15, 0.2) is 18.2 Å². The summed E-state index contributed by atoms with van der Waals surface area (Å²) in [5.41, 5.74) is 0.754. The van der Waals surface area contributed by atoms with Gasteiger partial charge in [0, 0.05) is 11.5 Å². The van der Waals surface area contributed by atoms with E-state index in [1.807, 2.05) is 6.07 Å². The Labute approximate surface area is 118 Å². The zero-order valence-corrected chi connectivity index (χ0v) is 11.7. The smallest absolute Gasteiger partial charge is 0.166 e. The normalized spacial score (nSPS) is 38.1. The lowest BCUT2D eigenvalue weighted by Gasteiger charge is -2.09. The third kappa shape index (κ3) is 1.59. The van der Waals surface area contributed by atoms with Crippen LogP contribution in [-0.4, -0.2) is 12.9 Å². The van der Waals surface area contributed by atoms with Crippen molar-refractivity contribution >= 4 is 17.4 Å². The molecule has 4 rings (SSSR count). The highest BCUT2D eigenvalue weighted by Crippen LogP contribution is 2.69. The van der Waals surface area contributed by atoms with E-state index in [0.29, 0.717) is 28.4 Å². The Morgan fingerprint density at radius 1 is 1.26 bits per heavy atom. The lowest BCUT2D eigenvalue weighted by molar-refractivity contribution is 0.0944. The number of ether oxygens (including phenoxy) is 1. The predicted octanol–water partition coefficient (Wildman–Crippen LogP) is 3.82. The van der Waals surface area contributed by atoms with Crippen molar-refractivity contribution in [2.24, 2.45) is 29.6 Å². The van der Waals surface area contributed by atoms with E-state index in [1.54, 1.807) is 19.2 Å². The summed E-state index contributed by atoms with van der Waals surface area (Å²) in [6.07, 6.45) is 4.07. The summed E-state index contributed by atoms with van der Waals surface area (Å²) < 4.78 is 5.13. The maximum absolute atomic E-state index is 12.6. The number of rotatable bonds is 3. The van der Waals surface area contributed by atoms with Gasteiger partial charge in [-0.2, -0.15) is 0 Å². The molecule has 0 radical (unpaired) electrons. The average molecular weight is 277 g/mol. The quantitative estimate of drug-likeness (QED) is 0.785. The molecule has 3 aliphatic carbocycles. The molecule has 0 aromatic heterocycles. The van der Waals surface area contributed by atoms with E-state index in [-0.39, 0.29) is 5.92 Å². The number of carbonyl (C=O) groups excluding carboxylic acids is 1. The molecule has 2 nitrogen and oxygen atoms in total. The van der Waals surface area contributed by atoms with E-state index < -0.39 is 0 Å². The van der Waals surface area contributed by atoms with Gasteiger partial charge in [-0.3, -0.25) is 4.79 Å². The molecule has 3 heteroatoms. The van der Waals surface area contributed by atoms with Gasteiger partial charge in [-0.05, 0) is 61.1 Å². The average Bonchev–Trinajstić information content (AvgIpc) is 2.85. The lowest BCUT2D eigenvalue weighted by atomic mass is 9.96. The van der Waals surface area contributed by atoms with E-state index in [2.05, 4.69) is 0 Å². The van der Waals surface area contributed by atoms with Gasteiger partial charge in [0.15, 0.2) is 5.78 Å². The Hall–Kier alpha value is -1.02. The molecule has 4 atom stereocenters. The molecule has 1 aromatic rings. The van der Waals surface area contributed by atoms with E-state index >= 15 is 0 Å². The molecule has 4 unspecified atom stereocenters. The highest BCUT2D eigenvalue weighted by Gasteiger charge is 2.67. The number of hydrogen-bond donors (Lipinski definition) is 0. The van der Waals surface area contributed by atoms with Crippen LogP contribution in [0.1, 0.15) is 29.6 Å². The van der Waals surface area contributed by atoms with Crippen molar-refractivity contribution in [3.8, 4) is 5.75 Å². The topological polar surface area (TPSA) is 26.3 Å². The Kier molecular flexibility index (Phi) is 2.47. The number of ketones is 1. The first-order valence-electron chi connectivity index (χ1n) is 7.08. The van der Waals surface area contributed by atoms with Crippen LogP contribution in [0.3, 0.4) is 0 Å². The van der Waals surface area contributed by atoms with Gasteiger partial charge in [0.25, 0.3) is 0 Å². The lowest BCUT2D eigenvalue weighted by Crippen LogP contribution is -2.10. The predicted molar refractivity (Wildman–Crippen MR) is 73.6 cm³/mol. The van der Waals surface area contributed by atoms with Crippen molar-refractivity contribution in [3.05, 3.63) is 28.8 Å². The molecule has 0 heterocycles. The van der Waals surface area contributed by atoms with Gasteiger partial charge < -0.3 is 4.74 Å². The van der Waals surface area contributed by atoms with Crippen LogP contribution in [-0.2, 0) is 0 Å². The van der Waals surface area contributed by atoms with Crippen molar-refractivity contribution in [1.82, 2.24) is 0 Å². The molecular formula is C16H17ClO2. The van der Waals surface area contributed by atoms with E-state index in [9.17, 15) is 4.79 Å². The second kappa shape index (κ2) is 3.99. The van der Waals surface area contributed by atoms with Gasteiger partial charge in [0.2, 0.25) is 0 Å². The number of fused-ring (bicyclic) bond motifs is 5. The first-order valence-corrected chi connectivity index (χ1v) is 7.46. The molecule has 0 saturated heterocycles. The monoisotopic (exact) mass is 276 g/mol. The molecule has 2 bridgehead atoms. The molecule has 19 heavy (non-hydrogen) atoms. The number of Topliss-reactive ketones (excluding diaryl/α,β-unsaturated/α-hetero) is 1. The largest absolute Gasteiger partial charge is 0.495 e. The fourth-order valence-electron chi connectivity index (χ4n) is 4.69. The minimum atomic E-state index is 0.288. The van der Waals surface area contributed by atoms with Gasteiger partial charge >= 0.3 is 0 Å². The van der Waals surface area contributed by atoms with Crippen LogP contribution in [0, 0.1) is 29.6 Å². The number of carbonyl (C=O) groups is 1. The zero-order chi connectivity index (χ0) is 13.1. The van der Waals surface area contributed by atoms with E-state index in [1.165, 1.54) is 19.3 Å². The molecule has 0 amide bonds. The Balaban J connectivity index is 1.57. The highest BCUT2D eigenvalue weighted by atomic mass is 35.5. The molecule has 3 saturated carbocycles. The summed E-state index contributed by atoms with van der Waals surface area (Å²) >= 11 is 6.11. The van der Waals surface area contributed by atoms with Gasteiger partial charge in [-0.15, -0.1) is 0 Å². The van der Waals surface area contributed by atoms with E-state index in [0.717, 1.165) is 17.4 Å². The first-order chi connectivity index (χ1) is 9.20. The van der Waals surface area contributed by atoms with Crippen LogP contribution in [0.5, 0.6) is 5.75 Å². The summed E-state index contributed by atoms with van der Waals surface area (Å²) in [7, 11) is 1.59. The second-order valence-electron chi connectivity index (χ2n) is 6.23. The fourth-order valence-corrected chi connectivity index (χ4v) is 4.95. The number of methoxy groups -OCH3 is 1. The number of hydrogen-bond acceptors (Lipinski definition) is 2. The van der Waals surface area contributed by atoms with E-state index in [4.69, 9.17) is 16.3 Å². The third-order valence-corrected chi connectivity index (χ3v) is 5.77. The molecule has 100 valence electrons. The third-order valence-electron chi connectivity index (χ3n) is 5.47. The molecular weight excluding hydrogens is 260 g/mol. The summed E-state index contributed by atoms with van der Waals surface area (Å²) in [6, 6.07) is 5.41. The minimum absolute atomic E-state index is 0.288. The molecule has 3 fully saturated rings. The van der Waals surface area contributed by atoms with Gasteiger partial charge in [-0.25, -0.2) is 0 Å². The van der Waals surface area contributed by atoms with Gasteiger partial charge in [0.05, 0.1) is 12.1 Å². The standard InChI is InChI=1S/C16H17ClO2/c1-19-12-5-4-10(7-11(12)17)16(18)15-13-8-2-3-9(6-8)14(13)15/h4-5,7-9,13-15H,2-3,6H2,1H3. The van der Waals surface area contributed by atoms with Crippen LogP contribution >= 0.6 is 11.6 Å². The highest BCUT2D eigenvalue weighted by molar-refractivity contribution is 6.32.